The molecule has 0 saturated carbocycles. The van der Waals surface area contributed by atoms with Crippen molar-refractivity contribution in [2.45, 2.75) is 35.9 Å². The molecule has 3 heterocycles. The van der Waals surface area contributed by atoms with Crippen molar-refractivity contribution in [3.8, 4) is 11.1 Å². The summed E-state index contributed by atoms with van der Waals surface area (Å²) < 4.78 is 44.0. The minimum atomic E-state index is -3.71. The zero-order chi connectivity index (χ0) is 23.9. The lowest BCUT2D eigenvalue weighted by Crippen LogP contribution is -2.67. The number of imidazole rings is 1. The minimum Gasteiger partial charge on any atom is -0.395 e. The number of nitrogens with zero attached hydrogens (tertiary/aromatic N) is 4. The largest absolute Gasteiger partial charge is 0.395 e. The molecule has 0 aliphatic carbocycles. The van der Waals surface area contributed by atoms with E-state index in [1.165, 1.54) is 18.6 Å². The molecule has 0 spiro atoms. The molecule has 2 aromatic carbocycles. The van der Waals surface area contributed by atoms with Gasteiger partial charge in [-0.05, 0) is 36.6 Å². The van der Waals surface area contributed by atoms with Crippen LogP contribution >= 0.6 is 0 Å². The molecule has 1 aromatic heterocycles. The highest BCUT2D eigenvalue weighted by Gasteiger charge is 2.50. The van der Waals surface area contributed by atoms with Crippen LogP contribution in [0.15, 0.2) is 66.1 Å². The summed E-state index contributed by atoms with van der Waals surface area (Å²) in [6, 6.07) is 14.3. The molecular weight excluding hydrogens is 455 g/mol. The zero-order valence-corrected chi connectivity index (χ0v) is 19.9. The molecule has 7 nitrogen and oxygen atoms in total. The molecule has 2 saturated heterocycles. The number of aryl methyl sites for hydroxylation is 1. The second-order valence-corrected chi connectivity index (χ2v) is 11.0. The Bertz CT molecular complexity index is 1260. The average Bonchev–Trinajstić information content (AvgIpc) is 3.26. The first-order chi connectivity index (χ1) is 16.4. The number of halogens is 1. The highest BCUT2D eigenvalue weighted by molar-refractivity contribution is 7.89. The fraction of sp³-hybridized carbons (Fsp3) is 0.400. The van der Waals surface area contributed by atoms with Crippen LogP contribution in [0.1, 0.15) is 24.3 Å². The maximum absolute atomic E-state index is 14.2. The minimum absolute atomic E-state index is 0.00320. The number of rotatable bonds is 5. The fourth-order valence-corrected chi connectivity index (χ4v) is 6.82. The lowest BCUT2D eigenvalue weighted by atomic mass is 9.74. The highest BCUT2D eigenvalue weighted by Crippen LogP contribution is 2.43. The van der Waals surface area contributed by atoms with E-state index in [-0.39, 0.29) is 35.5 Å². The number of aliphatic hydroxyl groups is 1. The number of hydrogen-bond acceptors (Lipinski definition) is 5. The van der Waals surface area contributed by atoms with E-state index in [0.29, 0.717) is 18.7 Å². The van der Waals surface area contributed by atoms with Crippen molar-refractivity contribution in [1.29, 1.82) is 0 Å². The van der Waals surface area contributed by atoms with Gasteiger partial charge in [0, 0.05) is 49.9 Å². The molecule has 3 atom stereocenters. The number of sulfonamides is 1. The number of hydrogen-bond donors (Lipinski definition) is 1. The van der Waals surface area contributed by atoms with Crippen LogP contribution in [-0.2, 0) is 17.1 Å². The van der Waals surface area contributed by atoms with Gasteiger partial charge in [-0.1, -0.05) is 42.5 Å². The zero-order valence-electron chi connectivity index (χ0n) is 19.1. The molecule has 2 aliphatic heterocycles. The van der Waals surface area contributed by atoms with E-state index >= 15 is 0 Å². The topological polar surface area (TPSA) is 78.7 Å². The van der Waals surface area contributed by atoms with Gasteiger partial charge >= 0.3 is 0 Å². The van der Waals surface area contributed by atoms with Crippen molar-refractivity contribution in [2.24, 2.45) is 7.05 Å². The van der Waals surface area contributed by atoms with Crippen molar-refractivity contribution in [3.05, 3.63) is 72.4 Å². The highest BCUT2D eigenvalue weighted by atomic mass is 32.2. The number of aromatic nitrogens is 2. The first kappa shape index (κ1) is 23.2. The first-order valence-electron chi connectivity index (χ1n) is 11.6. The normalized spacial score (nSPS) is 24.1. The van der Waals surface area contributed by atoms with Gasteiger partial charge in [0.2, 0.25) is 0 Å². The summed E-state index contributed by atoms with van der Waals surface area (Å²) in [5, 5.41) is 10.2. The summed E-state index contributed by atoms with van der Waals surface area (Å²) in [6.07, 6.45) is 4.64. The van der Waals surface area contributed by atoms with Crippen molar-refractivity contribution in [2.75, 3.05) is 26.2 Å². The monoisotopic (exact) mass is 484 g/mol. The second-order valence-electron chi connectivity index (χ2n) is 9.13. The molecule has 9 heteroatoms. The molecule has 1 N–H and O–H groups in total. The standard InChI is InChI=1S/C25H29FN4O3S/c1-28-15-24(27-17-28)34(32,33)29-12-4-5-13-30-22(14-29)25(23(30)16-31)19-10-8-18(9-11-19)20-6-2-3-7-21(20)26/h2-3,6-11,15,17,22-23,25,31H,4-5,12-14,16H2,1H3/t22-,23+,25-/m1/s1. The Kier molecular flexibility index (Phi) is 6.28. The molecule has 180 valence electrons. The third-order valence-corrected chi connectivity index (χ3v) is 8.85. The Hall–Kier alpha value is -2.59. The Balaban J connectivity index is 1.43. The summed E-state index contributed by atoms with van der Waals surface area (Å²) in [5.41, 5.74) is 2.35. The predicted molar refractivity (Wildman–Crippen MR) is 127 cm³/mol. The quantitative estimate of drug-likeness (QED) is 0.603. The lowest BCUT2D eigenvalue weighted by Gasteiger charge is -2.57. The average molecular weight is 485 g/mol. The molecule has 2 fully saturated rings. The van der Waals surface area contributed by atoms with Crippen molar-refractivity contribution in [3.63, 3.8) is 0 Å². The molecule has 34 heavy (non-hydrogen) atoms. The van der Waals surface area contributed by atoms with Crippen molar-refractivity contribution < 1.29 is 17.9 Å². The Labute approximate surface area is 199 Å². The number of benzene rings is 2. The Morgan fingerprint density at radius 2 is 1.82 bits per heavy atom. The lowest BCUT2D eigenvalue weighted by molar-refractivity contribution is -0.0554. The SMILES string of the molecule is Cn1cnc(S(=O)(=O)N2CCCCN3[C@H](C2)[C@@H](c2ccc(-c4ccccc4F)cc2)[C@@H]3CO)c1. The first-order valence-corrected chi connectivity index (χ1v) is 13.0. The van der Waals surface area contributed by atoms with Gasteiger partial charge in [0.15, 0.2) is 5.03 Å². The fourth-order valence-electron chi connectivity index (χ4n) is 5.36. The molecule has 2 aliphatic rings. The summed E-state index contributed by atoms with van der Waals surface area (Å²) in [7, 11) is -1.96. The second kappa shape index (κ2) is 9.22. The van der Waals surface area contributed by atoms with E-state index < -0.39 is 10.0 Å². The van der Waals surface area contributed by atoms with Gasteiger partial charge in [-0.25, -0.2) is 17.8 Å². The van der Waals surface area contributed by atoms with E-state index in [9.17, 15) is 17.9 Å². The summed E-state index contributed by atoms with van der Waals surface area (Å²) in [4.78, 5) is 6.31. The van der Waals surface area contributed by atoms with E-state index in [2.05, 4.69) is 9.88 Å². The van der Waals surface area contributed by atoms with Gasteiger partial charge in [0.05, 0.1) is 12.9 Å². The van der Waals surface area contributed by atoms with Crippen LogP contribution in [0, 0.1) is 5.82 Å². The van der Waals surface area contributed by atoms with Gasteiger partial charge in [-0.3, -0.25) is 4.90 Å². The summed E-state index contributed by atoms with van der Waals surface area (Å²) in [6.45, 7) is 1.63. The molecule has 0 bridgehead atoms. The van der Waals surface area contributed by atoms with E-state index in [1.807, 2.05) is 30.3 Å². The maximum Gasteiger partial charge on any atom is 0.262 e. The molecule has 0 unspecified atom stereocenters. The Morgan fingerprint density at radius 3 is 2.50 bits per heavy atom. The van der Waals surface area contributed by atoms with E-state index in [4.69, 9.17) is 0 Å². The van der Waals surface area contributed by atoms with Gasteiger partial charge in [-0.15, -0.1) is 0 Å². The van der Waals surface area contributed by atoms with Crippen molar-refractivity contribution in [1.82, 2.24) is 18.8 Å². The molecule has 0 amide bonds. The van der Waals surface area contributed by atoms with Crippen LogP contribution in [0.3, 0.4) is 0 Å². The Morgan fingerprint density at radius 1 is 1.09 bits per heavy atom. The summed E-state index contributed by atoms with van der Waals surface area (Å²) in [5.74, 6) is -0.284. The third-order valence-electron chi connectivity index (χ3n) is 7.10. The maximum atomic E-state index is 14.2. The third kappa shape index (κ3) is 4.07. The van der Waals surface area contributed by atoms with E-state index in [1.54, 1.807) is 28.1 Å². The van der Waals surface area contributed by atoms with E-state index in [0.717, 1.165) is 30.5 Å². The molecule has 5 rings (SSSR count). The summed E-state index contributed by atoms with van der Waals surface area (Å²) >= 11 is 0. The van der Waals surface area contributed by atoms with Crippen LogP contribution in [0.2, 0.25) is 0 Å². The van der Waals surface area contributed by atoms with Gasteiger partial charge in [0.1, 0.15) is 5.82 Å². The van der Waals surface area contributed by atoms with Crippen LogP contribution < -0.4 is 0 Å². The molecule has 0 radical (unpaired) electrons. The smallest absolute Gasteiger partial charge is 0.262 e. The number of fused-ring (bicyclic) bond motifs is 1. The van der Waals surface area contributed by atoms with Gasteiger partial charge < -0.3 is 9.67 Å². The van der Waals surface area contributed by atoms with Gasteiger partial charge in [0.25, 0.3) is 10.0 Å². The molecular formula is C25H29FN4O3S. The predicted octanol–water partition coefficient (Wildman–Crippen LogP) is 2.84. The molecule has 3 aromatic rings. The van der Waals surface area contributed by atoms with Crippen LogP contribution in [-0.4, -0.2) is 70.6 Å². The van der Waals surface area contributed by atoms with Crippen LogP contribution in [0.5, 0.6) is 0 Å². The van der Waals surface area contributed by atoms with Crippen LogP contribution in [0.4, 0.5) is 4.39 Å². The number of aliphatic hydroxyl groups excluding tert-OH is 1. The van der Waals surface area contributed by atoms with Crippen LogP contribution in [0.25, 0.3) is 11.1 Å². The van der Waals surface area contributed by atoms with Gasteiger partial charge in [-0.2, -0.15) is 4.31 Å². The van der Waals surface area contributed by atoms with Crippen molar-refractivity contribution >= 4 is 10.0 Å².